The summed E-state index contributed by atoms with van der Waals surface area (Å²) in [5.74, 6) is 1.13. The second-order valence-corrected chi connectivity index (χ2v) is 14.7. The van der Waals surface area contributed by atoms with E-state index in [4.69, 9.17) is 4.74 Å². The SMILES string of the molecule is CCCCCCCCCCCCCCNC(=O)OC[C@H](CC(C)C)NS(=O)(=O)c1ccc(Cc2nccc3c2nc(C)n3C)cc1. The highest BCUT2D eigenvalue weighted by Crippen LogP contribution is 2.21. The Kier molecular flexibility index (Phi) is 16.0. The molecule has 0 bridgehead atoms. The number of benzene rings is 1. The molecular formula is C36H57N5O4S. The highest BCUT2D eigenvalue weighted by molar-refractivity contribution is 7.89. The summed E-state index contributed by atoms with van der Waals surface area (Å²) in [4.78, 5) is 21.7. The molecule has 0 aliphatic heterocycles. The number of nitrogens with zero attached hydrogens (tertiary/aromatic N) is 3. The maximum atomic E-state index is 13.3. The lowest BCUT2D eigenvalue weighted by Gasteiger charge is -2.21. The molecular weight excluding hydrogens is 598 g/mol. The predicted molar refractivity (Wildman–Crippen MR) is 186 cm³/mol. The summed E-state index contributed by atoms with van der Waals surface area (Å²) in [5, 5.41) is 2.81. The van der Waals surface area contributed by atoms with Gasteiger partial charge in [0, 0.05) is 26.2 Å². The van der Waals surface area contributed by atoms with Crippen LogP contribution >= 0.6 is 0 Å². The highest BCUT2D eigenvalue weighted by Gasteiger charge is 2.23. The second-order valence-electron chi connectivity index (χ2n) is 13.0. The molecule has 2 heterocycles. The number of fused-ring (bicyclic) bond motifs is 1. The number of carbonyl (C=O) groups is 1. The lowest BCUT2D eigenvalue weighted by Crippen LogP contribution is -2.40. The van der Waals surface area contributed by atoms with Crippen molar-refractivity contribution in [3.8, 4) is 0 Å². The highest BCUT2D eigenvalue weighted by atomic mass is 32.2. The van der Waals surface area contributed by atoms with E-state index < -0.39 is 22.2 Å². The molecule has 0 saturated heterocycles. The zero-order valence-corrected chi connectivity index (χ0v) is 29.6. The standard InChI is InChI=1S/C36H57N5O4S/c1-6-7-8-9-10-11-12-13-14-15-16-17-23-38-36(42)45-27-31(25-28(2)3)40-46(43,44)32-20-18-30(19-21-32)26-33-35-34(22-24-37-33)41(5)29(4)39-35/h18-22,24,28,31,40H,6-17,23,25-27H2,1-5H3,(H,38,42)/t31-/m0/s1. The monoisotopic (exact) mass is 655 g/mol. The predicted octanol–water partition coefficient (Wildman–Crippen LogP) is 7.99. The molecule has 9 nitrogen and oxygen atoms in total. The van der Waals surface area contributed by atoms with Crippen LogP contribution < -0.4 is 10.0 Å². The van der Waals surface area contributed by atoms with Gasteiger partial charge in [0.1, 0.15) is 17.9 Å². The van der Waals surface area contributed by atoms with Crippen molar-refractivity contribution >= 4 is 27.1 Å². The number of alkyl carbamates (subject to hydrolysis) is 1. The number of aromatic nitrogens is 3. The number of amides is 1. The maximum absolute atomic E-state index is 13.3. The van der Waals surface area contributed by atoms with Crippen molar-refractivity contribution in [2.24, 2.45) is 13.0 Å². The third kappa shape index (κ3) is 12.7. The molecule has 0 fully saturated rings. The number of sulfonamides is 1. The van der Waals surface area contributed by atoms with E-state index in [2.05, 4.69) is 26.9 Å². The molecule has 1 amide bonds. The Balaban J connectivity index is 1.39. The van der Waals surface area contributed by atoms with Gasteiger partial charge >= 0.3 is 6.09 Å². The average molecular weight is 656 g/mol. The van der Waals surface area contributed by atoms with Crippen LogP contribution in [-0.2, 0) is 28.2 Å². The van der Waals surface area contributed by atoms with Crippen molar-refractivity contribution in [2.75, 3.05) is 13.2 Å². The van der Waals surface area contributed by atoms with E-state index >= 15 is 0 Å². The Hall–Kier alpha value is -2.98. The summed E-state index contributed by atoms with van der Waals surface area (Å²) < 4.78 is 36.8. The molecule has 0 radical (unpaired) electrons. The second kappa shape index (κ2) is 19.6. The number of nitrogens with one attached hydrogen (secondary N) is 2. The number of hydrogen-bond donors (Lipinski definition) is 2. The van der Waals surface area contributed by atoms with Gasteiger partial charge in [0.25, 0.3) is 0 Å². The summed E-state index contributed by atoms with van der Waals surface area (Å²) in [6, 6.07) is 8.24. The van der Waals surface area contributed by atoms with Crippen molar-refractivity contribution in [3.05, 3.63) is 53.6 Å². The third-order valence-corrected chi connectivity index (χ3v) is 10.0. The van der Waals surface area contributed by atoms with E-state index in [9.17, 15) is 13.2 Å². The molecule has 0 spiro atoms. The van der Waals surface area contributed by atoms with Crippen LogP contribution in [0.25, 0.3) is 11.0 Å². The van der Waals surface area contributed by atoms with Crippen molar-refractivity contribution in [1.82, 2.24) is 24.6 Å². The van der Waals surface area contributed by atoms with Crippen LogP contribution in [0, 0.1) is 12.8 Å². The zero-order chi connectivity index (χ0) is 33.4. The van der Waals surface area contributed by atoms with E-state index in [1.165, 1.54) is 64.2 Å². The fraction of sp³-hybridized carbons (Fsp3) is 0.639. The van der Waals surface area contributed by atoms with Crippen molar-refractivity contribution in [3.63, 3.8) is 0 Å². The summed E-state index contributed by atoms with van der Waals surface area (Å²) >= 11 is 0. The topological polar surface area (TPSA) is 115 Å². The van der Waals surface area contributed by atoms with Gasteiger partial charge in [0.05, 0.1) is 22.1 Å². The van der Waals surface area contributed by atoms with E-state index in [-0.39, 0.29) is 17.4 Å². The Morgan fingerprint density at radius 3 is 2.13 bits per heavy atom. The first-order valence-corrected chi connectivity index (χ1v) is 18.9. The number of carbonyl (C=O) groups excluding carboxylic acids is 1. The minimum atomic E-state index is -3.81. The molecule has 0 aliphatic rings. The van der Waals surface area contributed by atoms with E-state index in [1.807, 2.05) is 50.6 Å². The van der Waals surface area contributed by atoms with Gasteiger partial charge in [-0.3, -0.25) is 4.98 Å². The number of aryl methyl sites for hydroxylation is 2. The number of hydrogen-bond acceptors (Lipinski definition) is 6. The fourth-order valence-corrected chi connectivity index (χ4v) is 7.02. The van der Waals surface area contributed by atoms with Crippen molar-refractivity contribution in [2.45, 2.75) is 129 Å². The maximum Gasteiger partial charge on any atom is 0.407 e. The van der Waals surface area contributed by atoms with Crippen LogP contribution in [0.15, 0.2) is 41.4 Å². The van der Waals surface area contributed by atoms with Gasteiger partial charge in [-0.2, -0.15) is 0 Å². The molecule has 10 heteroatoms. The molecule has 0 unspecified atom stereocenters. The smallest absolute Gasteiger partial charge is 0.407 e. The number of imidazole rings is 1. The van der Waals surface area contributed by atoms with Gasteiger partial charge in [-0.25, -0.2) is 22.9 Å². The lowest BCUT2D eigenvalue weighted by atomic mass is 10.1. The van der Waals surface area contributed by atoms with Crippen LogP contribution in [0.4, 0.5) is 4.79 Å². The molecule has 0 saturated carbocycles. The first-order chi connectivity index (χ1) is 22.1. The summed E-state index contributed by atoms with van der Waals surface area (Å²) in [6.45, 7) is 8.78. The minimum absolute atomic E-state index is 0.0288. The van der Waals surface area contributed by atoms with E-state index in [0.29, 0.717) is 19.4 Å². The Bertz CT molecular complexity index is 1440. The lowest BCUT2D eigenvalue weighted by molar-refractivity contribution is 0.133. The molecule has 0 aliphatic carbocycles. The van der Waals surface area contributed by atoms with Crippen LogP contribution in [0.1, 0.15) is 121 Å². The Morgan fingerprint density at radius 2 is 1.52 bits per heavy atom. The van der Waals surface area contributed by atoms with Gasteiger partial charge in [0.2, 0.25) is 10.0 Å². The summed E-state index contributed by atoms with van der Waals surface area (Å²) in [7, 11) is -1.84. The van der Waals surface area contributed by atoms with Crippen LogP contribution in [0.5, 0.6) is 0 Å². The summed E-state index contributed by atoms with van der Waals surface area (Å²) in [5.41, 5.74) is 3.66. The van der Waals surface area contributed by atoms with Crippen molar-refractivity contribution in [1.29, 1.82) is 0 Å². The van der Waals surface area contributed by atoms with Gasteiger partial charge in [-0.05, 0) is 49.4 Å². The third-order valence-electron chi connectivity index (χ3n) is 8.50. The van der Waals surface area contributed by atoms with Crippen LogP contribution in [0.2, 0.25) is 0 Å². The molecule has 1 atom stereocenters. The van der Waals surface area contributed by atoms with E-state index in [0.717, 1.165) is 41.0 Å². The largest absolute Gasteiger partial charge is 0.448 e. The Morgan fingerprint density at radius 1 is 0.913 bits per heavy atom. The number of rotatable bonds is 22. The molecule has 1 aromatic carbocycles. The van der Waals surface area contributed by atoms with Gasteiger partial charge < -0.3 is 14.6 Å². The molecule has 3 aromatic rings. The fourth-order valence-electron chi connectivity index (χ4n) is 5.79. The van der Waals surface area contributed by atoms with Gasteiger partial charge in [-0.15, -0.1) is 0 Å². The first kappa shape index (κ1) is 37.5. The van der Waals surface area contributed by atoms with E-state index in [1.54, 1.807) is 18.3 Å². The number of unbranched alkanes of at least 4 members (excludes halogenated alkanes) is 11. The quantitative estimate of drug-likeness (QED) is 0.106. The normalized spacial score (nSPS) is 12.6. The first-order valence-electron chi connectivity index (χ1n) is 17.4. The molecule has 2 aromatic heterocycles. The van der Waals surface area contributed by atoms with Crippen LogP contribution in [0.3, 0.4) is 0 Å². The molecule has 256 valence electrons. The molecule has 3 rings (SSSR count). The molecule has 2 N–H and O–H groups in total. The van der Waals surface area contributed by atoms with Crippen molar-refractivity contribution < 1.29 is 17.9 Å². The average Bonchev–Trinajstić information content (AvgIpc) is 3.32. The zero-order valence-electron chi connectivity index (χ0n) is 28.8. The molecule has 46 heavy (non-hydrogen) atoms. The summed E-state index contributed by atoms with van der Waals surface area (Å²) in [6.07, 6.45) is 17.5. The minimum Gasteiger partial charge on any atom is -0.448 e. The Labute approximate surface area is 277 Å². The van der Waals surface area contributed by atoms with Gasteiger partial charge in [0.15, 0.2) is 0 Å². The number of pyridine rings is 1. The van der Waals surface area contributed by atoms with Gasteiger partial charge in [-0.1, -0.05) is 104 Å². The van der Waals surface area contributed by atoms with Crippen LogP contribution in [-0.4, -0.2) is 48.2 Å². The number of ether oxygens (including phenoxy) is 1.